The first-order valence-corrected chi connectivity index (χ1v) is 7.60. The van der Waals surface area contributed by atoms with Gasteiger partial charge in [-0.25, -0.2) is 0 Å². The number of aryl methyl sites for hydroxylation is 1. The van der Waals surface area contributed by atoms with Crippen molar-refractivity contribution in [2.75, 3.05) is 0 Å². The van der Waals surface area contributed by atoms with Crippen LogP contribution < -0.4 is 5.32 Å². The molecule has 1 aliphatic carbocycles. The Kier molecular flexibility index (Phi) is 2.64. The van der Waals surface area contributed by atoms with Gasteiger partial charge in [-0.2, -0.15) is 0 Å². The van der Waals surface area contributed by atoms with Gasteiger partial charge in [0.2, 0.25) is 0 Å². The molecule has 3 atom stereocenters. The molecule has 0 radical (unpaired) electrons. The summed E-state index contributed by atoms with van der Waals surface area (Å²) in [5, 5.41) is 12.7. The van der Waals surface area contributed by atoms with Crippen LogP contribution in [0.25, 0.3) is 0 Å². The number of hydrogen-bond donors (Lipinski definition) is 1. The molecule has 1 aromatic heterocycles. The third-order valence-corrected chi connectivity index (χ3v) is 5.06. The summed E-state index contributed by atoms with van der Waals surface area (Å²) in [5.41, 5.74) is 0. The molecule has 1 aromatic rings. The highest BCUT2D eigenvalue weighted by Gasteiger charge is 2.38. The zero-order chi connectivity index (χ0) is 11.9. The van der Waals surface area contributed by atoms with E-state index in [4.69, 9.17) is 0 Å². The van der Waals surface area contributed by atoms with Gasteiger partial charge in [-0.05, 0) is 38.0 Å². The molecule has 0 bridgehead atoms. The lowest BCUT2D eigenvalue weighted by atomic mass is 9.85. The predicted molar refractivity (Wildman–Crippen MR) is 69.2 cm³/mol. The number of hydrogen-bond acceptors (Lipinski definition) is 3. The molecule has 18 heavy (non-hydrogen) atoms. The number of fused-ring (bicyclic) bond motifs is 2. The zero-order valence-electron chi connectivity index (χ0n) is 10.9. The molecular formula is C14H22N4. The van der Waals surface area contributed by atoms with Crippen LogP contribution in [0.1, 0.15) is 62.6 Å². The minimum Gasteiger partial charge on any atom is -0.314 e. The molecule has 0 spiro atoms. The normalized spacial score (nSPS) is 35.2. The minimum atomic E-state index is 0.470. The number of aromatic nitrogens is 3. The molecule has 3 aliphatic rings. The summed E-state index contributed by atoms with van der Waals surface area (Å²) in [4.78, 5) is 0. The average molecular weight is 246 g/mol. The summed E-state index contributed by atoms with van der Waals surface area (Å²) in [7, 11) is 0. The van der Waals surface area contributed by atoms with Crippen molar-refractivity contribution in [2.45, 2.75) is 70.0 Å². The molecule has 0 amide bonds. The van der Waals surface area contributed by atoms with E-state index in [0.717, 1.165) is 24.9 Å². The first-order valence-electron chi connectivity index (χ1n) is 7.60. The van der Waals surface area contributed by atoms with E-state index in [2.05, 4.69) is 20.1 Å². The molecule has 3 heterocycles. The summed E-state index contributed by atoms with van der Waals surface area (Å²) in [6.07, 6.45) is 10.6. The van der Waals surface area contributed by atoms with Gasteiger partial charge in [-0.3, -0.25) is 0 Å². The minimum absolute atomic E-state index is 0.470. The smallest absolute Gasteiger partial charge is 0.150 e. The second-order valence-corrected chi connectivity index (χ2v) is 6.19. The Labute approximate surface area is 108 Å². The van der Waals surface area contributed by atoms with Crippen molar-refractivity contribution in [3.8, 4) is 0 Å². The molecule has 3 unspecified atom stereocenters. The van der Waals surface area contributed by atoms with Gasteiger partial charge in [-0.15, -0.1) is 10.2 Å². The van der Waals surface area contributed by atoms with Gasteiger partial charge in [0.15, 0.2) is 0 Å². The van der Waals surface area contributed by atoms with Crippen LogP contribution in [0.4, 0.5) is 0 Å². The van der Waals surface area contributed by atoms with E-state index in [1.807, 2.05) is 0 Å². The van der Waals surface area contributed by atoms with Crippen LogP contribution >= 0.6 is 0 Å². The molecular weight excluding hydrogens is 224 g/mol. The van der Waals surface area contributed by atoms with Gasteiger partial charge in [0, 0.05) is 19.0 Å². The van der Waals surface area contributed by atoms with Crippen LogP contribution in [0.5, 0.6) is 0 Å². The van der Waals surface area contributed by atoms with Crippen LogP contribution in [-0.4, -0.2) is 20.8 Å². The molecule has 2 fully saturated rings. The maximum atomic E-state index is 4.49. The fourth-order valence-electron chi connectivity index (χ4n) is 4.11. The zero-order valence-corrected chi connectivity index (χ0v) is 10.9. The highest BCUT2D eigenvalue weighted by molar-refractivity contribution is 5.08. The van der Waals surface area contributed by atoms with Crippen LogP contribution in [0.3, 0.4) is 0 Å². The molecule has 1 saturated carbocycles. The largest absolute Gasteiger partial charge is 0.314 e. The van der Waals surface area contributed by atoms with Crippen LogP contribution in [0.2, 0.25) is 0 Å². The molecule has 98 valence electrons. The van der Waals surface area contributed by atoms with E-state index in [-0.39, 0.29) is 0 Å². The van der Waals surface area contributed by atoms with E-state index in [9.17, 15) is 0 Å². The third-order valence-electron chi connectivity index (χ3n) is 5.06. The summed E-state index contributed by atoms with van der Waals surface area (Å²) in [5.74, 6) is 3.33. The van der Waals surface area contributed by atoms with Crippen LogP contribution in [-0.2, 0) is 13.0 Å². The Bertz CT molecular complexity index is 425. The second kappa shape index (κ2) is 4.34. The summed E-state index contributed by atoms with van der Waals surface area (Å²) in [6, 6.07) is 1.22. The van der Waals surface area contributed by atoms with Crippen LogP contribution in [0.15, 0.2) is 0 Å². The maximum Gasteiger partial charge on any atom is 0.150 e. The maximum absolute atomic E-state index is 4.49. The quantitative estimate of drug-likeness (QED) is 0.826. The number of rotatable bonds is 1. The highest BCUT2D eigenvalue weighted by atomic mass is 15.3. The summed E-state index contributed by atoms with van der Waals surface area (Å²) >= 11 is 0. The van der Waals surface area contributed by atoms with Gasteiger partial charge in [0.05, 0.1) is 6.04 Å². The lowest BCUT2D eigenvalue weighted by Gasteiger charge is -2.24. The molecule has 4 nitrogen and oxygen atoms in total. The van der Waals surface area contributed by atoms with Crippen molar-refractivity contribution in [3.05, 3.63) is 11.6 Å². The van der Waals surface area contributed by atoms with Gasteiger partial charge in [-0.1, -0.05) is 12.8 Å². The Morgan fingerprint density at radius 3 is 2.94 bits per heavy atom. The molecule has 2 aliphatic heterocycles. The molecule has 1 N–H and O–H groups in total. The third kappa shape index (κ3) is 1.69. The topological polar surface area (TPSA) is 42.7 Å². The summed E-state index contributed by atoms with van der Waals surface area (Å²) < 4.78 is 2.39. The molecule has 0 aromatic carbocycles. The van der Waals surface area contributed by atoms with Crippen molar-refractivity contribution >= 4 is 0 Å². The molecule has 1 saturated heterocycles. The van der Waals surface area contributed by atoms with Gasteiger partial charge >= 0.3 is 0 Å². The van der Waals surface area contributed by atoms with E-state index in [1.165, 1.54) is 56.6 Å². The predicted octanol–water partition coefficient (Wildman–Crippen LogP) is 2.21. The van der Waals surface area contributed by atoms with E-state index in [1.54, 1.807) is 0 Å². The SMILES string of the molecule is C1CCn2c(nnc2C2CC3CCCCC3N2)C1. The first-order chi connectivity index (χ1) is 8.92. The van der Waals surface area contributed by atoms with Crippen molar-refractivity contribution in [1.29, 1.82) is 0 Å². The van der Waals surface area contributed by atoms with Crippen LogP contribution in [0, 0.1) is 5.92 Å². The van der Waals surface area contributed by atoms with Crippen molar-refractivity contribution in [1.82, 2.24) is 20.1 Å². The van der Waals surface area contributed by atoms with E-state index < -0.39 is 0 Å². The molecule has 4 heteroatoms. The fourth-order valence-corrected chi connectivity index (χ4v) is 4.11. The Morgan fingerprint density at radius 1 is 1.06 bits per heavy atom. The summed E-state index contributed by atoms with van der Waals surface area (Å²) in [6.45, 7) is 1.13. The lowest BCUT2D eigenvalue weighted by Crippen LogP contribution is -2.31. The standard InChI is InChI=1S/C14H22N4/c1-2-6-11-10(5-1)9-12(15-11)14-17-16-13-7-3-4-8-18(13)14/h10-12,15H,1-9H2. The van der Waals surface area contributed by atoms with Crippen molar-refractivity contribution < 1.29 is 0 Å². The van der Waals surface area contributed by atoms with E-state index in [0.29, 0.717) is 6.04 Å². The average Bonchev–Trinajstić information content (AvgIpc) is 3.02. The fraction of sp³-hybridized carbons (Fsp3) is 0.857. The van der Waals surface area contributed by atoms with Crippen molar-refractivity contribution in [2.24, 2.45) is 5.92 Å². The Balaban J connectivity index is 1.58. The lowest BCUT2D eigenvalue weighted by molar-refractivity contribution is 0.325. The van der Waals surface area contributed by atoms with Gasteiger partial charge in [0.25, 0.3) is 0 Å². The molecule has 4 rings (SSSR count). The number of nitrogens with one attached hydrogen (secondary N) is 1. The Morgan fingerprint density at radius 2 is 2.00 bits per heavy atom. The first kappa shape index (κ1) is 11.0. The Hall–Kier alpha value is -0.900. The highest BCUT2D eigenvalue weighted by Crippen LogP contribution is 2.39. The van der Waals surface area contributed by atoms with Gasteiger partial charge < -0.3 is 9.88 Å². The second-order valence-electron chi connectivity index (χ2n) is 6.19. The van der Waals surface area contributed by atoms with Gasteiger partial charge in [0.1, 0.15) is 11.6 Å². The monoisotopic (exact) mass is 246 g/mol. The number of nitrogens with zero attached hydrogens (tertiary/aromatic N) is 3. The van der Waals surface area contributed by atoms with Crippen molar-refractivity contribution in [3.63, 3.8) is 0 Å². The van der Waals surface area contributed by atoms with E-state index >= 15 is 0 Å².